The zero-order valence-electron chi connectivity index (χ0n) is 22.8. The fraction of sp³-hybridized carbons (Fsp3) is 0.714. The second kappa shape index (κ2) is 11.6. The Morgan fingerprint density at radius 3 is 2.44 bits per heavy atom. The molecule has 3 heterocycles. The van der Waals surface area contributed by atoms with E-state index in [0.717, 1.165) is 25.0 Å². The lowest BCUT2D eigenvalue weighted by Gasteiger charge is -2.38. The van der Waals surface area contributed by atoms with Crippen LogP contribution in [0.15, 0.2) is 36.0 Å². The highest BCUT2D eigenvalue weighted by Crippen LogP contribution is 2.46. The van der Waals surface area contributed by atoms with Crippen LogP contribution in [0.25, 0.3) is 0 Å². The van der Waals surface area contributed by atoms with Gasteiger partial charge in [-0.25, -0.2) is 0 Å². The van der Waals surface area contributed by atoms with Gasteiger partial charge in [-0.3, -0.25) is 9.59 Å². The topological polar surface area (TPSA) is 95.6 Å². The number of carbonyl (C=O) groups is 2. The van der Waals surface area contributed by atoms with E-state index < -0.39 is 11.5 Å². The van der Waals surface area contributed by atoms with Gasteiger partial charge < -0.3 is 29.0 Å². The number of hydrogen-bond donors (Lipinski definition) is 1. The van der Waals surface area contributed by atoms with Crippen LogP contribution in [0.3, 0.4) is 0 Å². The van der Waals surface area contributed by atoms with Crippen LogP contribution in [0.1, 0.15) is 67.7 Å². The summed E-state index contributed by atoms with van der Waals surface area (Å²) < 4.78 is 28.8. The van der Waals surface area contributed by atoms with Gasteiger partial charge in [0, 0.05) is 25.3 Å². The minimum absolute atomic E-state index is 0.0111. The quantitative estimate of drug-likeness (QED) is 0.231. The molecule has 0 bridgehead atoms. The van der Waals surface area contributed by atoms with Crippen LogP contribution in [0.2, 0.25) is 0 Å². The Kier molecular flexibility index (Phi) is 9.20. The summed E-state index contributed by atoms with van der Waals surface area (Å²) in [6, 6.07) is -0.237. The fourth-order valence-corrected chi connectivity index (χ4v) is 4.37. The van der Waals surface area contributed by atoms with Crippen LogP contribution in [-0.4, -0.2) is 67.4 Å². The van der Waals surface area contributed by atoms with Crippen molar-refractivity contribution >= 4 is 11.9 Å². The van der Waals surface area contributed by atoms with Gasteiger partial charge in [0.15, 0.2) is 6.29 Å². The maximum absolute atomic E-state index is 12.2. The third-order valence-electron chi connectivity index (χ3n) is 6.29. The third-order valence-corrected chi connectivity index (χ3v) is 6.29. The summed E-state index contributed by atoms with van der Waals surface area (Å²) in [4.78, 5) is 24.1. The zero-order valence-corrected chi connectivity index (χ0v) is 22.8. The largest absolute Gasteiger partial charge is 0.458 e. The number of amides is 1. The van der Waals surface area contributed by atoms with Crippen LogP contribution in [-0.2, 0) is 33.3 Å². The number of allylic oxidation sites excluding steroid dienone is 2. The zero-order chi connectivity index (χ0) is 26.6. The average molecular weight is 506 g/mol. The van der Waals surface area contributed by atoms with Crippen molar-refractivity contribution in [1.29, 1.82) is 0 Å². The smallest absolute Gasteiger partial charge is 0.311 e. The highest BCUT2D eigenvalue weighted by Gasteiger charge is 2.53. The summed E-state index contributed by atoms with van der Waals surface area (Å²) in [5.74, 6) is -0.593. The van der Waals surface area contributed by atoms with E-state index in [-0.39, 0.29) is 41.5 Å². The highest BCUT2D eigenvalue weighted by molar-refractivity contribution is 5.87. The van der Waals surface area contributed by atoms with Crippen molar-refractivity contribution in [3.63, 3.8) is 0 Å². The van der Waals surface area contributed by atoms with Gasteiger partial charge in [-0.15, -0.1) is 0 Å². The first-order valence-electron chi connectivity index (χ1n) is 12.9. The van der Waals surface area contributed by atoms with E-state index in [1.54, 1.807) is 33.8 Å². The number of ether oxygens (including phenoxy) is 5. The first-order chi connectivity index (χ1) is 16.8. The SMILES string of the molecule is CC(/C=C/[C@@H]1C[C@]2(CO2)CC(C)(C)O1)=C\CC1OCC(NC(=O)/C=C\[C@H](C)OC(=O)C(C)(C)C)CO1. The number of nitrogens with one attached hydrogen (secondary N) is 1. The van der Waals surface area contributed by atoms with Crippen LogP contribution in [0.4, 0.5) is 0 Å². The molecule has 0 aromatic carbocycles. The molecule has 3 aliphatic rings. The van der Waals surface area contributed by atoms with Gasteiger partial charge in [-0.05, 0) is 54.5 Å². The van der Waals surface area contributed by atoms with Gasteiger partial charge in [0.25, 0.3) is 0 Å². The summed E-state index contributed by atoms with van der Waals surface area (Å²) >= 11 is 0. The molecular weight excluding hydrogens is 462 g/mol. The van der Waals surface area contributed by atoms with E-state index in [9.17, 15) is 9.59 Å². The molecule has 3 atom stereocenters. The number of rotatable bonds is 8. The van der Waals surface area contributed by atoms with Crippen LogP contribution < -0.4 is 5.32 Å². The van der Waals surface area contributed by atoms with Crippen molar-refractivity contribution < 1.29 is 33.3 Å². The predicted molar refractivity (Wildman–Crippen MR) is 136 cm³/mol. The van der Waals surface area contributed by atoms with E-state index >= 15 is 0 Å². The molecule has 0 aromatic rings. The third kappa shape index (κ3) is 9.14. The minimum Gasteiger partial charge on any atom is -0.458 e. The Hall–Kier alpha value is -2.00. The Bertz CT molecular complexity index is 865. The van der Waals surface area contributed by atoms with Crippen molar-refractivity contribution in [2.24, 2.45) is 5.41 Å². The molecule has 0 aliphatic carbocycles. The van der Waals surface area contributed by atoms with Crippen LogP contribution in [0, 0.1) is 5.41 Å². The number of hydrogen-bond acceptors (Lipinski definition) is 7. The molecular formula is C28H43NO7. The fourth-order valence-electron chi connectivity index (χ4n) is 4.37. The number of esters is 1. The van der Waals surface area contributed by atoms with E-state index in [4.69, 9.17) is 23.7 Å². The monoisotopic (exact) mass is 505 g/mol. The molecule has 1 amide bonds. The maximum Gasteiger partial charge on any atom is 0.311 e. The number of carbonyl (C=O) groups excluding carboxylic acids is 2. The van der Waals surface area contributed by atoms with Crippen LogP contribution >= 0.6 is 0 Å². The molecule has 0 saturated carbocycles. The summed E-state index contributed by atoms with van der Waals surface area (Å²) in [6.45, 7) is 14.9. The molecule has 3 rings (SSSR count). The molecule has 8 heteroatoms. The summed E-state index contributed by atoms with van der Waals surface area (Å²) in [6.07, 6.45) is 10.9. The first kappa shape index (κ1) is 28.6. The van der Waals surface area contributed by atoms with E-state index in [0.29, 0.717) is 19.6 Å². The predicted octanol–water partition coefficient (Wildman–Crippen LogP) is 4.00. The lowest BCUT2D eigenvalue weighted by Crippen LogP contribution is -2.46. The van der Waals surface area contributed by atoms with Gasteiger partial charge in [-0.2, -0.15) is 0 Å². The van der Waals surface area contributed by atoms with Gasteiger partial charge in [-0.1, -0.05) is 23.8 Å². The second-order valence-corrected chi connectivity index (χ2v) is 11.8. The maximum atomic E-state index is 12.2. The molecule has 3 saturated heterocycles. The molecule has 0 radical (unpaired) electrons. The Balaban J connectivity index is 1.35. The first-order valence-corrected chi connectivity index (χ1v) is 12.9. The van der Waals surface area contributed by atoms with Crippen molar-refractivity contribution in [3.05, 3.63) is 36.0 Å². The molecule has 0 aromatic heterocycles. The molecule has 202 valence electrons. The lowest BCUT2D eigenvalue weighted by molar-refractivity contribution is -0.187. The molecule has 1 N–H and O–H groups in total. The summed E-state index contributed by atoms with van der Waals surface area (Å²) in [7, 11) is 0. The normalized spacial score (nSPS) is 31.5. The van der Waals surface area contributed by atoms with E-state index in [1.807, 2.05) is 6.92 Å². The molecule has 3 fully saturated rings. The standard InChI is InChI=1S/C28H43NO7/c1-19(8-11-22-14-28(18-34-28)17-27(6,7)36-22)9-13-24-32-15-21(16-33-24)29-23(30)12-10-20(2)35-25(31)26(3,4)5/h8-12,20-22,24H,13-18H2,1-7H3,(H,29,30)/b11-8+,12-10-,19-9+/t20-,21?,22+,24?,28+/m0/s1. The molecule has 0 unspecified atom stereocenters. The summed E-state index contributed by atoms with van der Waals surface area (Å²) in [5, 5.41) is 2.85. The molecule has 8 nitrogen and oxygen atoms in total. The van der Waals surface area contributed by atoms with Gasteiger partial charge in [0.2, 0.25) is 5.91 Å². The second-order valence-electron chi connectivity index (χ2n) is 11.8. The lowest BCUT2D eigenvalue weighted by atomic mass is 9.85. The van der Waals surface area contributed by atoms with Crippen molar-refractivity contribution in [3.8, 4) is 0 Å². The minimum atomic E-state index is -0.586. The Morgan fingerprint density at radius 2 is 1.83 bits per heavy atom. The highest BCUT2D eigenvalue weighted by atomic mass is 16.7. The van der Waals surface area contributed by atoms with Gasteiger partial charge in [0.1, 0.15) is 6.10 Å². The molecule has 36 heavy (non-hydrogen) atoms. The van der Waals surface area contributed by atoms with Crippen molar-refractivity contribution in [2.45, 2.75) is 103 Å². The van der Waals surface area contributed by atoms with Gasteiger partial charge in [0.05, 0.1) is 48.6 Å². The Morgan fingerprint density at radius 1 is 1.17 bits per heavy atom. The number of epoxide rings is 1. The summed E-state index contributed by atoms with van der Waals surface area (Å²) in [5.41, 5.74) is 0.362. The van der Waals surface area contributed by atoms with Crippen molar-refractivity contribution in [1.82, 2.24) is 5.32 Å². The van der Waals surface area contributed by atoms with E-state index in [1.165, 1.54) is 6.08 Å². The molecule has 3 aliphatic heterocycles. The van der Waals surface area contributed by atoms with Crippen LogP contribution in [0.5, 0.6) is 0 Å². The van der Waals surface area contributed by atoms with Gasteiger partial charge >= 0.3 is 5.97 Å². The average Bonchev–Trinajstić information content (AvgIpc) is 3.51. The Labute approximate surface area is 215 Å². The van der Waals surface area contributed by atoms with Crippen molar-refractivity contribution in [2.75, 3.05) is 19.8 Å². The molecule has 1 spiro atoms. The van der Waals surface area contributed by atoms with E-state index in [2.05, 4.69) is 37.4 Å².